The fourth-order valence-electron chi connectivity index (χ4n) is 2.81. The Kier molecular flexibility index (Phi) is 7.11. The molecule has 2 heterocycles. The van der Waals surface area contributed by atoms with Crippen LogP contribution < -0.4 is 15.8 Å². The molecular formula is C21H24ClF3N6O2. The molecule has 0 saturated heterocycles. The third-order valence-corrected chi connectivity index (χ3v) is 5.07. The molecule has 1 saturated carbocycles. The normalized spacial score (nSPS) is 15.5. The van der Waals surface area contributed by atoms with Gasteiger partial charge in [-0.05, 0) is 37.8 Å². The molecule has 0 atom stereocenters. The number of pyridine rings is 1. The molecule has 1 aliphatic rings. The molecule has 0 aromatic carbocycles. The van der Waals surface area contributed by atoms with Crippen molar-refractivity contribution in [3.63, 3.8) is 0 Å². The second-order valence-electron chi connectivity index (χ2n) is 8.37. The fourth-order valence-corrected chi connectivity index (χ4v) is 3.03. The lowest BCUT2D eigenvalue weighted by atomic mass is 10.2. The molecule has 2 aromatic rings. The number of aromatic nitrogens is 3. The Morgan fingerprint density at radius 3 is 2.61 bits per heavy atom. The maximum atomic E-state index is 12.8. The summed E-state index contributed by atoms with van der Waals surface area (Å²) in [7, 11) is 0. The Balaban J connectivity index is 1.68. The highest BCUT2D eigenvalue weighted by Crippen LogP contribution is 2.38. The van der Waals surface area contributed by atoms with Crippen molar-refractivity contribution >= 4 is 23.3 Å². The van der Waals surface area contributed by atoms with Crippen LogP contribution in [0.25, 0.3) is 0 Å². The summed E-state index contributed by atoms with van der Waals surface area (Å²) in [5, 5.41) is 2.60. The van der Waals surface area contributed by atoms with E-state index in [4.69, 9.17) is 22.1 Å². The highest BCUT2D eigenvalue weighted by molar-refractivity contribution is 6.31. The van der Waals surface area contributed by atoms with Crippen LogP contribution in [0.5, 0.6) is 5.88 Å². The minimum atomic E-state index is -4.56. The maximum absolute atomic E-state index is 12.8. The molecule has 0 aliphatic heterocycles. The van der Waals surface area contributed by atoms with Gasteiger partial charge in [0.05, 0.1) is 11.1 Å². The van der Waals surface area contributed by atoms with E-state index in [1.54, 1.807) is 6.92 Å². The average Bonchev–Trinajstić information content (AvgIpc) is 3.49. The summed E-state index contributed by atoms with van der Waals surface area (Å²) in [6.07, 6.45) is -2.67. The molecule has 2 aromatic heterocycles. The number of amidine groups is 1. The summed E-state index contributed by atoms with van der Waals surface area (Å²) in [5.74, 6) is 0.0283. The van der Waals surface area contributed by atoms with Crippen molar-refractivity contribution < 1.29 is 22.7 Å². The second kappa shape index (κ2) is 9.50. The monoisotopic (exact) mass is 484 g/mol. The van der Waals surface area contributed by atoms with Gasteiger partial charge in [-0.2, -0.15) is 13.2 Å². The number of nitrogens with zero attached hydrogens (tertiary/aromatic N) is 4. The highest BCUT2D eigenvalue weighted by Gasteiger charge is 2.45. The number of aryl methyl sites for hydroxylation is 1. The number of nitrogens with one attached hydrogen (secondary N) is 1. The Morgan fingerprint density at radius 2 is 2.03 bits per heavy atom. The lowest BCUT2D eigenvalue weighted by molar-refractivity contribution is -0.137. The van der Waals surface area contributed by atoms with E-state index in [1.165, 1.54) is 6.07 Å². The summed E-state index contributed by atoms with van der Waals surface area (Å²) in [4.78, 5) is 29.2. The van der Waals surface area contributed by atoms with Crippen molar-refractivity contribution in [3.05, 3.63) is 46.1 Å². The second-order valence-corrected chi connectivity index (χ2v) is 8.78. The van der Waals surface area contributed by atoms with Gasteiger partial charge in [-0.15, -0.1) is 0 Å². The van der Waals surface area contributed by atoms with Crippen molar-refractivity contribution in [1.82, 2.24) is 20.3 Å². The first-order valence-corrected chi connectivity index (χ1v) is 10.6. The Hall–Kier alpha value is -2.95. The molecule has 0 radical (unpaired) electrons. The number of alkyl halides is 3. The number of amides is 1. The van der Waals surface area contributed by atoms with Crippen molar-refractivity contribution in [2.75, 3.05) is 13.2 Å². The van der Waals surface area contributed by atoms with Gasteiger partial charge in [-0.1, -0.05) is 25.4 Å². The van der Waals surface area contributed by atoms with Gasteiger partial charge in [0.1, 0.15) is 17.3 Å². The maximum Gasteiger partial charge on any atom is 0.417 e. The van der Waals surface area contributed by atoms with Crippen LogP contribution in [-0.2, 0) is 6.18 Å². The van der Waals surface area contributed by atoms with Crippen LogP contribution in [0.15, 0.2) is 23.3 Å². The predicted octanol–water partition coefficient (Wildman–Crippen LogP) is 3.55. The number of nitrogens with two attached hydrogens (primary N) is 1. The minimum Gasteiger partial charge on any atom is -0.474 e. The summed E-state index contributed by atoms with van der Waals surface area (Å²) < 4.78 is 43.8. The van der Waals surface area contributed by atoms with Crippen molar-refractivity contribution in [1.29, 1.82) is 0 Å². The van der Waals surface area contributed by atoms with Crippen LogP contribution in [-0.4, -0.2) is 45.4 Å². The smallest absolute Gasteiger partial charge is 0.417 e. The lowest BCUT2D eigenvalue weighted by Crippen LogP contribution is -2.42. The van der Waals surface area contributed by atoms with Gasteiger partial charge in [0.15, 0.2) is 11.7 Å². The third kappa shape index (κ3) is 6.53. The molecule has 12 heteroatoms. The Labute approximate surface area is 193 Å². The topological polar surface area (TPSA) is 115 Å². The molecule has 1 fully saturated rings. The number of hydrogen-bond acceptors (Lipinski definition) is 6. The number of halogens is 4. The molecule has 8 nitrogen and oxygen atoms in total. The van der Waals surface area contributed by atoms with Crippen LogP contribution in [0.2, 0.25) is 5.02 Å². The van der Waals surface area contributed by atoms with E-state index in [2.05, 4.69) is 25.3 Å². The summed E-state index contributed by atoms with van der Waals surface area (Å²) >= 11 is 5.88. The van der Waals surface area contributed by atoms with E-state index in [0.29, 0.717) is 37.2 Å². The van der Waals surface area contributed by atoms with Crippen LogP contribution in [0, 0.1) is 12.8 Å². The van der Waals surface area contributed by atoms with E-state index >= 15 is 0 Å². The number of carbonyl (C=O) groups excluding carboxylic acids is 1. The van der Waals surface area contributed by atoms with E-state index in [-0.39, 0.29) is 34.9 Å². The molecular weight excluding hydrogens is 461 g/mol. The summed E-state index contributed by atoms with van der Waals surface area (Å²) in [6, 6.07) is 2.28. The van der Waals surface area contributed by atoms with Gasteiger partial charge in [-0.25, -0.2) is 15.0 Å². The quantitative estimate of drug-likeness (QED) is 0.437. The molecule has 33 heavy (non-hydrogen) atoms. The van der Waals surface area contributed by atoms with Crippen molar-refractivity contribution in [3.8, 4) is 5.88 Å². The SMILES string of the molecule is Cc1cc(C(=O)NC2(COc3ncc(C(F)(F)F)cc3Cl)CC2)nc(C(N)=NCC(C)C)n1. The molecule has 0 bridgehead atoms. The zero-order chi connectivity index (χ0) is 24.4. The summed E-state index contributed by atoms with van der Waals surface area (Å²) in [5.41, 5.74) is 4.98. The molecule has 3 N–H and O–H groups in total. The van der Waals surface area contributed by atoms with E-state index in [1.807, 2.05) is 13.8 Å². The number of rotatable bonds is 8. The number of ether oxygens (including phenoxy) is 1. The van der Waals surface area contributed by atoms with Gasteiger partial charge in [-0.3, -0.25) is 9.79 Å². The zero-order valence-corrected chi connectivity index (χ0v) is 19.1. The minimum absolute atomic E-state index is 0.00820. The van der Waals surface area contributed by atoms with Crippen LogP contribution in [0.1, 0.15) is 54.3 Å². The van der Waals surface area contributed by atoms with Gasteiger partial charge in [0, 0.05) is 18.4 Å². The number of carbonyl (C=O) groups is 1. The highest BCUT2D eigenvalue weighted by atomic mass is 35.5. The number of hydrogen-bond donors (Lipinski definition) is 2. The van der Waals surface area contributed by atoms with Crippen molar-refractivity contribution in [2.24, 2.45) is 16.6 Å². The van der Waals surface area contributed by atoms with E-state index < -0.39 is 23.2 Å². The average molecular weight is 485 g/mol. The standard InChI is InChI=1S/C21H24ClF3N6O2/c1-11(2)8-27-16(26)17-29-12(3)6-15(30-17)18(32)31-20(4-5-20)10-33-19-14(22)7-13(9-28-19)21(23,24)25/h6-7,9,11H,4-5,8,10H2,1-3H3,(H2,26,27)(H,31,32). The first-order chi connectivity index (χ1) is 15.4. The van der Waals surface area contributed by atoms with E-state index in [9.17, 15) is 18.0 Å². The fraction of sp³-hybridized carbons (Fsp3) is 0.476. The van der Waals surface area contributed by atoms with Gasteiger partial charge < -0.3 is 15.8 Å². The summed E-state index contributed by atoms with van der Waals surface area (Å²) in [6.45, 7) is 6.21. The third-order valence-electron chi connectivity index (χ3n) is 4.79. The molecule has 0 spiro atoms. The first kappa shape index (κ1) is 24.7. The molecule has 1 amide bonds. The van der Waals surface area contributed by atoms with Crippen LogP contribution >= 0.6 is 11.6 Å². The number of aliphatic imine (C=N–C) groups is 1. The van der Waals surface area contributed by atoms with Crippen molar-refractivity contribution in [2.45, 2.75) is 45.3 Å². The van der Waals surface area contributed by atoms with Gasteiger partial charge in [0.2, 0.25) is 5.88 Å². The van der Waals surface area contributed by atoms with Crippen LogP contribution in [0.3, 0.4) is 0 Å². The Morgan fingerprint density at radius 1 is 1.33 bits per heavy atom. The molecule has 178 valence electrons. The first-order valence-electron chi connectivity index (χ1n) is 10.2. The molecule has 3 rings (SSSR count). The van der Waals surface area contributed by atoms with Gasteiger partial charge >= 0.3 is 6.18 Å². The predicted molar refractivity (Wildman–Crippen MR) is 116 cm³/mol. The van der Waals surface area contributed by atoms with Crippen LogP contribution in [0.4, 0.5) is 13.2 Å². The Bertz CT molecular complexity index is 1070. The van der Waals surface area contributed by atoms with Gasteiger partial charge in [0.25, 0.3) is 5.91 Å². The lowest BCUT2D eigenvalue weighted by Gasteiger charge is -2.18. The van der Waals surface area contributed by atoms with E-state index in [0.717, 1.165) is 6.07 Å². The largest absolute Gasteiger partial charge is 0.474 e. The molecule has 0 unspecified atom stereocenters. The molecule has 1 aliphatic carbocycles. The zero-order valence-electron chi connectivity index (χ0n) is 18.3.